The van der Waals surface area contributed by atoms with E-state index >= 15 is 0 Å². The third kappa shape index (κ3) is 4.91. The van der Waals surface area contributed by atoms with Crippen molar-refractivity contribution in [2.24, 2.45) is 0 Å². The first-order chi connectivity index (χ1) is 12.0. The summed E-state index contributed by atoms with van der Waals surface area (Å²) in [6.07, 6.45) is 0.101. The molecule has 2 aromatic rings. The Hall–Kier alpha value is -3.15. The van der Waals surface area contributed by atoms with Crippen LogP contribution in [0.15, 0.2) is 54.6 Å². The minimum absolute atomic E-state index is 0.101. The summed E-state index contributed by atoms with van der Waals surface area (Å²) in [6, 6.07) is 15.7. The van der Waals surface area contributed by atoms with Gasteiger partial charge in [0.1, 0.15) is 0 Å². The van der Waals surface area contributed by atoms with Gasteiger partial charge in [-0.25, -0.2) is 4.79 Å². The number of ether oxygens (including phenoxy) is 1. The minimum atomic E-state index is -0.532. The summed E-state index contributed by atoms with van der Waals surface area (Å²) in [5, 5.41) is 2.77. The zero-order valence-corrected chi connectivity index (χ0v) is 14.2. The number of amides is 2. The van der Waals surface area contributed by atoms with Crippen molar-refractivity contribution in [3.05, 3.63) is 60.2 Å². The number of benzene rings is 2. The van der Waals surface area contributed by atoms with Crippen LogP contribution < -0.4 is 10.2 Å². The molecule has 0 unspecified atom stereocenters. The van der Waals surface area contributed by atoms with Gasteiger partial charge in [0, 0.05) is 25.6 Å². The average molecular weight is 340 g/mol. The number of carbonyl (C=O) groups is 3. The van der Waals surface area contributed by atoms with Gasteiger partial charge in [-0.1, -0.05) is 30.3 Å². The molecule has 25 heavy (non-hydrogen) atoms. The summed E-state index contributed by atoms with van der Waals surface area (Å²) in [5.74, 6) is -1.01. The highest BCUT2D eigenvalue weighted by molar-refractivity contribution is 6.02. The molecule has 0 fully saturated rings. The number of carbonyl (C=O) groups excluding carboxylic acids is 3. The Morgan fingerprint density at radius 2 is 1.64 bits per heavy atom. The maximum atomic E-state index is 12.1. The molecule has 130 valence electrons. The second-order valence-corrected chi connectivity index (χ2v) is 5.34. The van der Waals surface area contributed by atoms with E-state index in [9.17, 15) is 14.4 Å². The quantitative estimate of drug-likeness (QED) is 0.821. The van der Waals surface area contributed by atoms with E-state index in [0.717, 1.165) is 0 Å². The Bertz CT molecular complexity index is 759. The third-order valence-electron chi connectivity index (χ3n) is 3.60. The van der Waals surface area contributed by atoms with Crippen molar-refractivity contribution in [1.29, 1.82) is 0 Å². The summed E-state index contributed by atoms with van der Waals surface area (Å²) in [7, 11) is 1.28. The lowest BCUT2D eigenvalue weighted by Gasteiger charge is -2.23. The molecule has 2 rings (SSSR count). The molecule has 0 saturated carbocycles. The van der Waals surface area contributed by atoms with Crippen LogP contribution in [0.25, 0.3) is 0 Å². The van der Waals surface area contributed by atoms with Gasteiger partial charge in [-0.15, -0.1) is 0 Å². The van der Waals surface area contributed by atoms with Crippen LogP contribution in [-0.4, -0.2) is 31.4 Å². The van der Waals surface area contributed by atoms with Gasteiger partial charge in [-0.2, -0.15) is 0 Å². The molecule has 6 heteroatoms. The number of hydrogen-bond donors (Lipinski definition) is 1. The van der Waals surface area contributed by atoms with Gasteiger partial charge in [0.2, 0.25) is 11.8 Å². The van der Waals surface area contributed by atoms with E-state index in [-0.39, 0.29) is 30.3 Å². The predicted molar refractivity (Wildman–Crippen MR) is 95.5 cm³/mol. The summed E-state index contributed by atoms with van der Waals surface area (Å²) < 4.78 is 4.76. The fraction of sp³-hybridized carbons (Fsp3) is 0.211. The predicted octanol–water partition coefficient (Wildman–Crippen LogP) is 2.85. The first-order valence-electron chi connectivity index (χ1n) is 7.83. The number of hydrogen-bond acceptors (Lipinski definition) is 4. The van der Waals surface area contributed by atoms with Crippen molar-refractivity contribution in [3.63, 3.8) is 0 Å². The van der Waals surface area contributed by atoms with Gasteiger partial charge in [0.15, 0.2) is 0 Å². The zero-order valence-electron chi connectivity index (χ0n) is 14.2. The summed E-state index contributed by atoms with van der Waals surface area (Å²) in [6.45, 7) is 1.55. The molecule has 0 aliphatic heterocycles. The normalized spacial score (nSPS) is 10.0. The van der Waals surface area contributed by atoms with Gasteiger partial charge in [-0.05, 0) is 24.3 Å². The molecule has 0 saturated heterocycles. The maximum absolute atomic E-state index is 12.1. The molecule has 0 heterocycles. The standard InChI is InChI=1S/C19H20N2O4/c1-14(22)21(17-11-7-6-10-16(17)19(24)25-2)13-12-18(23)20-15-8-4-3-5-9-15/h3-11H,12-13H2,1-2H3,(H,20,23). The molecule has 0 aliphatic rings. The lowest BCUT2D eigenvalue weighted by Crippen LogP contribution is -2.33. The Morgan fingerprint density at radius 1 is 1.00 bits per heavy atom. The molecule has 6 nitrogen and oxygen atoms in total. The molecule has 2 aromatic carbocycles. The lowest BCUT2D eigenvalue weighted by atomic mass is 10.1. The average Bonchev–Trinajstić information content (AvgIpc) is 2.62. The van der Waals surface area contributed by atoms with Crippen LogP contribution in [0.2, 0.25) is 0 Å². The second kappa shape index (κ2) is 8.63. The highest BCUT2D eigenvalue weighted by atomic mass is 16.5. The van der Waals surface area contributed by atoms with Crippen molar-refractivity contribution in [3.8, 4) is 0 Å². The highest BCUT2D eigenvalue weighted by Crippen LogP contribution is 2.22. The van der Waals surface area contributed by atoms with Gasteiger partial charge < -0.3 is 15.0 Å². The van der Waals surface area contributed by atoms with Crippen LogP contribution in [0.1, 0.15) is 23.7 Å². The number of nitrogens with zero attached hydrogens (tertiary/aromatic N) is 1. The third-order valence-corrected chi connectivity index (χ3v) is 3.60. The van der Waals surface area contributed by atoms with E-state index in [4.69, 9.17) is 4.74 Å². The van der Waals surface area contributed by atoms with Crippen molar-refractivity contribution in [2.75, 3.05) is 23.9 Å². The fourth-order valence-electron chi connectivity index (χ4n) is 2.40. The Labute approximate surface area is 146 Å². The number of methoxy groups -OCH3 is 1. The van der Waals surface area contributed by atoms with Gasteiger partial charge in [-0.3, -0.25) is 9.59 Å². The maximum Gasteiger partial charge on any atom is 0.339 e. The lowest BCUT2D eigenvalue weighted by molar-refractivity contribution is -0.117. The van der Waals surface area contributed by atoms with E-state index in [1.54, 1.807) is 36.4 Å². The minimum Gasteiger partial charge on any atom is -0.465 e. The van der Waals surface area contributed by atoms with Crippen LogP contribution >= 0.6 is 0 Å². The van der Waals surface area contributed by atoms with Crippen LogP contribution in [0.5, 0.6) is 0 Å². The molecule has 0 aliphatic carbocycles. The molecule has 0 atom stereocenters. The van der Waals surface area contributed by atoms with Crippen LogP contribution in [0.3, 0.4) is 0 Å². The van der Waals surface area contributed by atoms with Crippen molar-refractivity contribution in [1.82, 2.24) is 0 Å². The second-order valence-electron chi connectivity index (χ2n) is 5.34. The molecular weight excluding hydrogens is 320 g/mol. The van der Waals surface area contributed by atoms with E-state index in [1.807, 2.05) is 18.2 Å². The number of anilines is 2. The largest absolute Gasteiger partial charge is 0.465 e. The summed E-state index contributed by atoms with van der Waals surface area (Å²) in [5.41, 5.74) is 1.40. The fourth-order valence-corrected chi connectivity index (χ4v) is 2.40. The number of esters is 1. The first-order valence-corrected chi connectivity index (χ1v) is 7.83. The van der Waals surface area contributed by atoms with Crippen LogP contribution in [0.4, 0.5) is 11.4 Å². The molecule has 0 bridgehead atoms. The van der Waals surface area contributed by atoms with Gasteiger partial charge >= 0.3 is 5.97 Å². The van der Waals surface area contributed by atoms with E-state index in [0.29, 0.717) is 11.4 Å². The topological polar surface area (TPSA) is 75.7 Å². The summed E-state index contributed by atoms with van der Waals surface area (Å²) >= 11 is 0. The molecule has 0 radical (unpaired) electrons. The van der Waals surface area contributed by atoms with Crippen molar-refractivity contribution >= 4 is 29.2 Å². The smallest absolute Gasteiger partial charge is 0.339 e. The van der Waals surface area contributed by atoms with Gasteiger partial charge in [0.05, 0.1) is 18.4 Å². The SMILES string of the molecule is COC(=O)c1ccccc1N(CCC(=O)Nc1ccccc1)C(C)=O. The first kappa shape index (κ1) is 18.2. The molecular formula is C19H20N2O4. The zero-order chi connectivity index (χ0) is 18.2. The van der Waals surface area contributed by atoms with E-state index in [1.165, 1.54) is 18.9 Å². The molecule has 1 N–H and O–H groups in total. The number of para-hydroxylation sites is 2. The van der Waals surface area contributed by atoms with Crippen LogP contribution in [-0.2, 0) is 14.3 Å². The van der Waals surface area contributed by atoms with E-state index in [2.05, 4.69) is 5.32 Å². The molecule has 0 spiro atoms. The Morgan fingerprint density at radius 3 is 2.28 bits per heavy atom. The van der Waals surface area contributed by atoms with Gasteiger partial charge in [0.25, 0.3) is 0 Å². The van der Waals surface area contributed by atoms with Crippen LogP contribution in [0, 0.1) is 0 Å². The highest BCUT2D eigenvalue weighted by Gasteiger charge is 2.20. The van der Waals surface area contributed by atoms with Crippen molar-refractivity contribution < 1.29 is 19.1 Å². The number of nitrogens with one attached hydrogen (secondary N) is 1. The monoisotopic (exact) mass is 340 g/mol. The summed E-state index contributed by atoms with van der Waals surface area (Å²) in [4.78, 5) is 37.4. The Balaban J connectivity index is 2.11. The molecule has 0 aromatic heterocycles. The number of rotatable bonds is 6. The van der Waals surface area contributed by atoms with E-state index < -0.39 is 5.97 Å². The Kier molecular flexibility index (Phi) is 6.28. The van der Waals surface area contributed by atoms with Crippen molar-refractivity contribution in [2.45, 2.75) is 13.3 Å². The molecule has 2 amide bonds.